The van der Waals surface area contributed by atoms with Gasteiger partial charge in [-0.1, -0.05) is 25.8 Å². The molecule has 1 aliphatic carbocycles. The predicted octanol–water partition coefficient (Wildman–Crippen LogP) is 3.02. The van der Waals surface area contributed by atoms with Crippen LogP contribution in [0.1, 0.15) is 51.9 Å². The summed E-state index contributed by atoms with van der Waals surface area (Å²) in [6.45, 7) is 6.75. The highest BCUT2D eigenvalue weighted by molar-refractivity contribution is 4.98. The first-order valence-corrected chi connectivity index (χ1v) is 6.63. The van der Waals surface area contributed by atoms with Crippen molar-refractivity contribution in [3.63, 3.8) is 0 Å². The lowest BCUT2D eigenvalue weighted by molar-refractivity contribution is -0.0474. The van der Waals surface area contributed by atoms with Crippen LogP contribution in [-0.4, -0.2) is 18.2 Å². The average molecular weight is 223 g/mol. The molecule has 92 valence electrons. The van der Waals surface area contributed by atoms with Crippen molar-refractivity contribution < 1.29 is 4.74 Å². The van der Waals surface area contributed by atoms with Gasteiger partial charge >= 0.3 is 0 Å². The molecule has 2 N–H and O–H groups in total. The number of hydrogen-bond acceptors (Lipinski definition) is 2. The second-order valence-corrected chi connectivity index (χ2v) is 5.94. The zero-order valence-electron chi connectivity index (χ0n) is 10.5. The lowest BCUT2D eigenvalue weighted by Gasteiger charge is -2.29. The highest BCUT2D eigenvalue weighted by atomic mass is 16.5. The van der Waals surface area contributed by atoms with E-state index < -0.39 is 0 Å². The van der Waals surface area contributed by atoms with Crippen molar-refractivity contribution >= 4 is 0 Å². The summed E-state index contributed by atoms with van der Waals surface area (Å²) in [5, 5.41) is 0. The van der Waals surface area contributed by atoms with E-state index in [0.29, 0.717) is 12.6 Å². The van der Waals surface area contributed by atoms with Gasteiger partial charge in [0.2, 0.25) is 0 Å². The van der Waals surface area contributed by atoms with E-state index in [1.807, 2.05) is 6.08 Å². The Morgan fingerprint density at radius 3 is 2.69 bits per heavy atom. The lowest BCUT2D eigenvalue weighted by atomic mass is 9.84. The van der Waals surface area contributed by atoms with Gasteiger partial charge in [0.25, 0.3) is 0 Å². The van der Waals surface area contributed by atoms with Gasteiger partial charge in [0.15, 0.2) is 0 Å². The van der Waals surface area contributed by atoms with E-state index in [1.165, 1.54) is 38.5 Å². The minimum absolute atomic E-state index is 0.0504. The Morgan fingerprint density at radius 1 is 1.44 bits per heavy atom. The highest BCUT2D eigenvalue weighted by Crippen LogP contribution is 2.45. The molecule has 2 fully saturated rings. The Hall–Kier alpha value is -0.340. The van der Waals surface area contributed by atoms with Crippen LogP contribution >= 0.6 is 0 Å². The molecule has 1 aliphatic heterocycles. The SMILES string of the molecule is C=CC(C)(CN)CC1CCC2(CCCC2)O1. The van der Waals surface area contributed by atoms with Gasteiger partial charge in [0.1, 0.15) is 0 Å². The largest absolute Gasteiger partial charge is 0.372 e. The van der Waals surface area contributed by atoms with Gasteiger partial charge in [-0.05, 0) is 37.5 Å². The summed E-state index contributed by atoms with van der Waals surface area (Å²) in [6, 6.07) is 0. The second kappa shape index (κ2) is 4.50. The van der Waals surface area contributed by atoms with Gasteiger partial charge in [-0.2, -0.15) is 0 Å². The Balaban J connectivity index is 1.91. The first kappa shape index (κ1) is 12.1. The molecule has 2 nitrogen and oxygen atoms in total. The summed E-state index contributed by atoms with van der Waals surface area (Å²) >= 11 is 0. The Labute approximate surface area is 99.2 Å². The summed E-state index contributed by atoms with van der Waals surface area (Å²) in [5.41, 5.74) is 6.12. The topological polar surface area (TPSA) is 35.2 Å². The summed E-state index contributed by atoms with van der Waals surface area (Å²) in [6.07, 6.45) is 11.2. The lowest BCUT2D eigenvalue weighted by Crippen LogP contribution is -2.31. The number of hydrogen-bond donors (Lipinski definition) is 1. The van der Waals surface area contributed by atoms with Crippen molar-refractivity contribution in [3.8, 4) is 0 Å². The van der Waals surface area contributed by atoms with Crippen LogP contribution < -0.4 is 5.73 Å². The van der Waals surface area contributed by atoms with E-state index in [2.05, 4.69) is 13.5 Å². The summed E-state index contributed by atoms with van der Waals surface area (Å²) < 4.78 is 6.31. The van der Waals surface area contributed by atoms with Crippen LogP contribution in [0, 0.1) is 5.41 Å². The molecule has 2 heteroatoms. The van der Waals surface area contributed by atoms with Gasteiger partial charge in [-0.15, -0.1) is 6.58 Å². The Kier molecular flexibility index (Phi) is 3.41. The fourth-order valence-corrected chi connectivity index (χ4v) is 3.20. The molecule has 2 unspecified atom stereocenters. The summed E-state index contributed by atoms with van der Waals surface area (Å²) in [7, 11) is 0. The molecule has 2 aliphatic rings. The van der Waals surface area contributed by atoms with Crippen LogP contribution in [0.4, 0.5) is 0 Å². The molecule has 0 aromatic heterocycles. The molecule has 0 aromatic rings. The third kappa shape index (κ3) is 2.33. The first-order valence-electron chi connectivity index (χ1n) is 6.63. The van der Waals surface area contributed by atoms with E-state index in [4.69, 9.17) is 10.5 Å². The van der Waals surface area contributed by atoms with Crippen LogP contribution in [0.2, 0.25) is 0 Å². The highest BCUT2D eigenvalue weighted by Gasteiger charge is 2.43. The van der Waals surface area contributed by atoms with Gasteiger partial charge in [-0.25, -0.2) is 0 Å². The fraction of sp³-hybridized carbons (Fsp3) is 0.857. The molecular weight excluding hydrogens is 198 g/mol. The van der Waals surface area contributed by atoms with Crippen LogP contribution in [0.25, 0.3) is 0 Å². The molecular formula is C14H25NO. The minimum Gasteiger partial charge on any atom is -0.372 e. The maximum atomic E-state index is 6.31. The second-order valence-electron chi connectivity index (χ2n) is 5.94. The van der Waals surface area contributed by atoms with E-state index in [0.717, 1.165) is 6.42 Å². The molecule has 2 rings (SSSR count). The third-order valence-corrected chi connectivity index (χ3v) is 4.51. The van der Waals surface area contributed by atoms with Crippen LogP contribution in [0.5, 0.6) is 0 Å². The smallest absolute Gasteiger partial charge is 0.0687 e. The van der Waals surface area contributed by atoms with Gasteiger partial charge in [-0.3, -0.25) is 0 Å². The third-order valence-electron chi connectivity index (χ3n) is 4.51. The van der Waals surface area contributed by atoms with E-state index in [9.17, 15) is 0 Å². The average Bonchev–Trinajstić information content (AvgIpc) is 2.90. The van der Waals surface area contributed by atoms with Crippen molar-refractivity contribution in [1.29, 1.82) is 0 Å². The molecule has 1 spiro atoms. The first-order chi connectivity index (χ1) is 7.61. The van der Waals surface area contributed by atoms with Crippen LogP contribution in [-0.2, 0) is 4.74 Å². The minimum atomic E-state index is 0.0504. The molecule has 2 atom stereocenters. The molecule has 1 saturated carbocycles. The predicted molar refractivity (Wildman–Crippen MR) is 67.3 cm³/mol. The van der Waals surface area contributed by atoms with Crippen LogP contribution in [0.15, 0.2) is 12.7 Å². The van der Waals surface area contributed by atoms with Crippen molar-refractivity contribution in [3.05, 3.63) is 12.7 Å². The molecule has 1 saturated heterocycles. The number of nitrogens with two attached hydrogens (primary N) is 1. The maximum absolute atomic E-state index is 6.31. The molecule has 0 aromatic carbocycles. The van der Waals surface area contributed by atoms with E-state index in [-0.39, 0.29) is 11.0 Å². The van der Waals surface area contributed by atoms with Crippen molar-refractivity contribution in [2.24, 2.45) is 11.1 Å². The van der Waals surface area contributed by atoms with Gasteiger partial charge in [0, 0.05) is 6.54 Å². The Bertz CT molecular complexity index is 257. The zero-order valence-corrected chi connectivity index (χ0v) is 10.5. The summed E-state index contributed by atoms with van der Waals surface area (Å²) in [5.74, 6) is 0. The van der Waals surface area contributed by atoms with E-state index in [1.54, 1.807) is 0 Å². The maximum Gasteiger partial charge on any atom is 0.0687 e. The standard InChI is InChI=1S/C14H25NO/c1-3-13(2,11-15)10-12-6-9-14(16-12)7-4-5-8-14/h3,12H,1,4-11,15H2,2H3. The zero-order chi connectivity index (χ0) is 11.6. The van der Waals surface area contributed by atoms with Crippen molar-refractivity contribution in [2.75, 3.05) is 6.54 Å². The quantitative estimate of drug-likeness (QED) is 0.744. The monoisotopic (exact) mass is 223 g/mol. The number of ether oxygens (including phenoxy) is 1. The molecule has 0 amide bonds. The molecule has 1 heterocycles. The normalized spacial score (nSPS) is 31.8. The van der Waals surface area contributed by atoms with Gasteiger partial charge in [0.05, 0.1) is 11.7 Å². The van der Waals surface area contributed by atoms with Crippen molar-refractivity contribution in [1.82, 2.24) is 0 Å². The van der Waals surface area contributed by atoms with Gasteiger partial charge < -0.3 is 10.5 Å². The molecule has 0 bridgehead atoms. The fourth-order valence-electron chi connectivity index (χ4n) is 3.20. The summed E-state index contributed by atoms with van der Waals surface area (Å²) in [4.78, 5) is 0. The molecule has 0 radical (unpaired) electrons. The Morgan fingerprint density at radius 2 is 2.12 bits per heavy atom. The van der Waals surface area contributed by atoms with Crippen LogP contribution in [0.3, 0.4) is 0 Å². The number of rotatable bonds is 4. The van der Waals surface area contributed by atoms with E-state index >= 15 is 0 Å². The molecule has 16 heavy (non-hydrogen) atoms. The van der Waals surface area contributed by atoms with Crippen molar-refractivity contribution in [2.45, 2.75) is 63.6 Å².